The largest absolute Gasteiger partial charge is 0.479 e. The number of halogens is 1. The quantitative estimate of drug-likeness (QED) is 0.359. The summed E-state index contributed by atoms with van der Waals surface area (Å²) < 4.78 is 22.3. The minimum Gasteiger partial charge on any atom is -0.479 e. The van der Waals surface area contributed by atoms with Crippen LogP contribution in [0.2, 0.25) is 0 Å². The molecule has 0 aliphatic heterocycles. The molecule has 4 rings (SSSR count). The molecule has 0 unspecified atom stereocenters. The van der Waals surface area contributed by atoms with Crippen molar-refractivity contribution in [3.63, 3.8) is 0 Å². The number of hydrogen-bond donors (Lipinski definition) is 1. The number of carbonyl (C=O) groups is 1. The van der Waals surface area contributed by atoms with Gasteiger partial charge in [0.05, 0.1) is 12.1 Å². The molecule has 0 aliphatic carbocycles. The second kappa shape index (κ2) is 9.03. The number of benzene rings is 2. The maximum atomic E-state index is 14.3. The van der Waals surface area contributed by atoms with Gasteiger partial charge in [-0.1, -0.05) is 48.0 Å². The van der Waals surface area contributed by atoms with Crippen LogP contribution in [0.3, 0.4) is 0 Å². The molecule has 1 N–H and O–H groups in total. The molecule has 0 saturated carbocycles. The smallest absolute Gasteiger partial charge is 0.337 e. The fraction of sp³-hybridized carbons (Fsp3) is 0.286. The number of ether oxygens (including phenoxy) is 1. The van der Waals surface area contributed by atoms with Crippen molar-refractivity contribution in [1.82, 2.24) is 9.55 Å². The molecule has 34 heavy (non-hydrogen) atoms. The molecule has 0 bridgehead atoms. The minimum absolute atomic E-state index is 0.277. The molecule has 0 spiro atoms. The third-order valence-electron chi connectivity index (χ3n) is 5.73. The van der Waals surface area contributed by atoms with Crippen molar-refractivity contribution in [2.45, 2.75) is 52.9 Å². The highest BCUT2D eigenvalue weighted by molar-refractivity contribution is 5.97. The first-order valence-corrected chi connectivity index (χ1v) is 11.3. The first-order valence-electron chi connectivity index (χ1n) is 11.3. The monoisotopic (exact) mass is 460 g/mol. The predicted octanol–water partition coefficient (Wildman–Crippen LogP) is 6.45. The van der Waals surface area contributed by atoms with E-state index in [-0.39, 0.29) is 5.82 Å². The summed E-state index contributed by atoms with van der Waals surface area (Å²) in [6, 6.07) is 16.5. The van der Waals surface area contributed by atoms with Crippen LogP contribution in [-0.2, 0) is 16.1 Å². The van der Waals surface area contributed by atoms with Gasteiger partial charge in [-0.05, 0) is 52.3 Å². The van der Waals surface area contributed by atoms with Crippen LogP contribution in [0.5, 0.6) is 0 Å². The van der Waals surface area contributed by atoms with E-state index in [2.05, 4.69) is 0 Å². The molecule has 1 atom stereocenters. The van der Waals surface area contributed by atoms with Crippen LogP contribution in [-0.4, -0.2) is 26.2 Å². The van der Waals surface area contributed by atoms with Gasteiger partial charge < -0.3 is 14.4 Å². The summed E-state index contributed by atoms with van der Waals surface area (Å²) in [4.78, 5) is 17.2. The predicted molar refractivity (Wildman–Crippen MR) is 131 cm³/mol. The van der Waals surface area contributed by atoms with E-state index in [1.807, 2.05) is 68.8 Å². The molecule has 2 aromatic carbocycles. The van der Waals surface area contributed by atoms with E-state index < -0.39 is 17.7 Å². The molecule has 2 heterocycles. The first-order chi connectivity index (χ1) is 16.0. The van der Waals surface area contributed by atoms with E-state index in [0.717, 1.165) is 22.1 Å². The van der Waals surface area contributed by atoms with Crippen molar-refractivity contribution in [3.8, 4) is 11.1 Å². The highest BCUT2D eigenvalue weighted by atomic mass is 19.1. The number of hydrogen-bond acceptors (Lipinski definition) is 3. The number of aliphatic carboxylic acids is 1. The summed E-state index contributed by atoms with van der Waals surface area (Å²) in [6.45, 7) is 9.62. The maximum Gasteiger partial charge on any atom is 0.337 e. The summed E-state index contributed by atoms with van der Waals surface area (Å²) in [5.74, 6) is -1.35. The van der Waals surface area contributed by atoms with E-state index in [9.17, 15) is 14.3 Å². The van der Waals surface area contributed by atoms with Crippen molar-refractivity contribution in [2.24, 2.45) is 0 Å². The summed E-state index contributed by atoms with van der Waals surface area (Å²) >= 11 is 0. The van der Waals surface area contributed by atoms with Gasteiger partial charge in [-0.15, -0.1) is 0 Å². The van der Waals surface area contributed by atoms with Crippen LogP contribution >= 0.6 is 0 Å². The normalized spacial score (nSPS) is 12.8. The van der Waals surface area contributed by atoms with Gasteiger partial charge in [-0.25, -0.2) is 14.2 Å². The summed E-state index contributed by atoms with van der Waals surface area (Å²) in [6.07, 6.45) is 0.675. The first kappa shape index (κ1) is 23.6. The summed E-state index contributed by atoms with van der Waals surface area (Å²) in [7, 11) is 0. The average molecular weight is 461 g/mol. The number of pyridine rings is 1. The van der Waals surface area contributed by atoms with Crippen LogP contribution in [0.25, 0.3) is 22.2 Å². The Kier molecular flexibility index (Phi) is 6.28. The molecule has 5 nitrogen and oxygen atoms in total. The fourth-order valence-electron chi connectivity index (χ4n) is 4.21. The Morgan fingerprint density at radius 2 is 1.76 bits per heavy atom. The Morgan fingerprint density at radius 1 is 1.09 bits per heavy atom. The Hall–Kier alpha value is -3.51. The van der Waals surface area contributed by atoms with Crippen molar-refractivity contribution >= 4 is 17.0 Å². The standard InChI is InChI=1S/C28H29FN2O3/c1-17-10-12-19(13-11-17)24-21-14-15-31(16-20-8-6-7-9-22(20)29)26(21)30-18(2)23(24)25(27(32)33)34-28(3,4)5/h6-15,25H,16H2,1-5H3,(H,32,33)/t25-/m0/s1. The molecule has 0 amide bonds. The molecule has 0 fully saturated rings. The zero-order chi connectivity index (χ0) is 24.6. The molecule has 0 saturated heterocycles. The van der Waals surface area contributed by atoms with Crippen LogP contribution in [0, 0.1) is 19.7 Å². The maximum absolute atomic E-state index is 14.3. The van der Waals surface area contributed by atoms with Crippen LogP contribution < -0.4 is 0 Å². The summed E-state index contributed by atoms with van der Waals surface area (Å²) in [5.41, 5.74) is 4.39. The zero-order valence-corrected chi connectivity index (χ0v) is 20.1. The number of fused-ring (bicyclic) bond motifs is 1. The highest BCUT2D eigenvalue weighted by Gasteiger charge is 2.32. The second-order valence-electron chi connectivity index (χ2n) is 9.57. The highest BCUT2D eigenvalue weighted by Crippen LogP contribution is 2.39. The number of carboxylic acid groups (broad SMARTS) is 1. The van der Waals surface area contributed by atoms with E-state index in [1.54, 1.807) is 25.1 Å². The Labute approximate surface area is 198 Å². The fourth-order valence-corrected chi connectivity index (χ4v) is 4.21. The molecule has 2 aromatic heterocycles. The molecule has 176 valence electrons. The zero-order valence-electron chi connectivity index (χ0n) is 20.1. The molecular formula is C28H29FN2O3. The molecule has 6 heteroatoms. The van der Waals surface area contributed by atoms with Crippen molar-refractivity contribution in [2.75, 3.05) is 0 Å². The SMILES string of the molecule is Cc1ccc(-c2c([C@H](OC(C)(C)C)C(=O)O)c(C)nc3c2ccn3Cc2ccccc2F)cc1. The van der Waals surface area contributed by atoms with Gasteiger partial charge >= 0.3 is 5.97 Å². The molecule has 0 radical (unpaired) electrons. The Bertz CT molecular complexity index is 1350. The van der Waals surface area contributed by atoms with Crippen LogP contribution in [0.1, 0.15) is 49.3 Å². The molecule has 0 aliphatic rings. The van der Waals surface area contributed by atoms with E-state index in [4.69, 9.17) is 9.72 Å². The lowest BCUT2D eigenvalue weighted by molar-refractivity contribution is -0.160. The number of rotatable bonds is 6. The average Bonchev–Trinajstić information content (AvgIpc) is 3.15. The van der Waals surface area contributed by atoms with Crippen molar-refractivity contribution < 1.29 is 19.0 Å². The van der Waals surface area contributed by atoms with Crippen LogP contribution in [0.15, 0.2) is 60.8 Å². The van der Waals surface area contributed by atoms with Gasteiger partial charge in [-0.3, -0.25) is 0 Å². The van der Waals surface area contributed by atoms with Gasteiger partial charge in [0.15, 0.2) is 6.10 Å². The third-order valence-corrected chi connectivity index (χ3v) is 5.73. The van der Waals surface area contributed by atoms with Gasteiger partial charge in [0.2, 0.25) is 0 Å². The lowest BCUT2D eigenvalue weighted by Crippen LogP contribution is -2.28. The van der Waals surface area contributed by atoms with Crippen molar-refractivity contribution in [1.29, 1.82) is 0 Å². The van der Waals surface area contributed by atoms with E-state index >= 15 is 0 Å². The van der Waals surface area contributed by atoms with E-state index in [0.29, 0.717) is 29.0 Å². The third kappa shape index (κ3) is 4.73. The second-order valence-corrected chi connectivity index (χ2v) is 9.57. The van der Waals surface area contributed by atoms with Crippen LogP contribution in [0.4, 0.5) is 4.39 Å². The number of aryl methyl sites for hydroxylation is 2. The Morgan fingerprint density at radius 3 is 2.38 bits per heavy atom. The van der Waals surface area contributed by atoms with E-state index in [1.165, 1.54) is 6.07 Å². The lowest BCUT2D eigenvalue weighted by Gasteiger charge is -2.28. The molecular weight excluding hydrogens is 431 g/mol. The number of aromatic nitrogens is 2. The number of nitrogens with zero attached hydrogens (tertiary/aromatic N) is 2. The number of carboxylic acids is 1. The van der Waals surface area contributed by atoms with Gasteiger partial charge in [0.1, 0.15) is 11.5 Å². The van der Waals surface area contributed by atoms with Gasteiger partial charge in [0, 0.05) is 34.0 Å². The van der Waals surface area contributed by atoms with Gasteiger partial charge in [-0.2, -0.15) is 0 Å². The lowest BCUT2D eigenvalue weighted by atomic mass is 9.92. The topological polar surface area (TPSA) is 64.3 Å². The molecule has 4 aromatic rings. The Balaban J connectivity index is 1.97. The summed E-state index contributed by atoms with van der Waals surface area (Å²) in [5, 5.41) is 10.9. The minimum atomic E-state index is -1.19. The van der Waals surface area contributed by atoms with Crippen molar-refractivity contribution in [3.05, 3.63) is 89.0 Å². The van der Waals surface area contributed by atoms with Gasteiger partial charge in [0.25, 0.3) is 0 Å².